The normalized spacial score (nSPS) is 13.8. The lowest BCUT2D eigenvalue weighted by molar-refractivity contribution is -0.124. The quantitative estimate of drug-likeness (QED) is 0.742. The molecule has 0 aromatic heterocycles. The van der Waals surface area contributed by atoms with Crippen LogP contribution in [0, 0.1) is 5.41 Å². The van der Waals surface area contributed by atoms with Crippen molar-refractivity contribution in [3.05, 3.63) is 29.8 Å². The molecule has 0 radical (unpaired) electrons. The van der Waals surface area contributed by atoms with Crippen LogP contribution in [0.5, 0.6) is 0 Å². The maximum absolute atomic E-state index is 11.8. The van der Waals surface area contributed by atoms with E-state index in [0.29, 0.717) is 0 Å². The zero-order valence-electron chi connectivity index (χ0n) is 11.9. The molecular formula is C13H21N3O3S. The van der Waals surface area contributed by atoms with E-state index in [4.69, 9.17) is 10.9 Å². The highest BCUT2D eigenvalue weighted by Crippen LogP contribution is 2.17. The van der Waals surface area contributed by atoms with Crippen LogP contribution in [-0.4, -0.2) is 20.4 Å². The lowest BCUT2D eigenvalue weighted by atomic mass is 9.87. The molecular weight excluding hydrogens is 278 g/mol. The third kappa shape index (κ3) is 4.59. The van der Waals surface area contributed by atoms with Gasteiger partial charge >= 0.3 is 0 Å². The smallest absolute Gasteiger partial charge is 0.238 e. The van der Waals surface area contributed by atoms with Crippen LogP contribution < -0.4 is 16.2 Å². The second kappa shape index (κ2) is 5.90. The van der Waals surface area contributed by atoms with Crippen LogP contribution in [0.15, 0.2) is 29.2 Å². The Bertz CT molecular complexity index is 574. The van der Waals surface area contributed by atoms with Gasteiger partial charge in [-0.3, -0.25) is 4.79 Å². The fraction of sp³-hybridized carbons (Fsp3) is 0.462. The Kier molecular flexibility index (Phi) is 4.90. The second-order valence-corrected chi connectivity index (χ2v) is 7.31. The third-order valence-corrected chi connectivity index (χ3v) is 3.86. The van der Waals surface area contributed by atoms with Gasteiger partial charge in [-0.25, -0.2) is 13.6 Å². The fourth-order valence-corrected chi connectivity index (χ4v) is 2.00. The van der Waals surface area contributed by atoms with E-state index in [1.807, 2.05) is 20.8 Å². The molecule has 0 saturated carbocycles. The molecule has 0 saturated heterocycles. The van der Waals surface area contributed by atoms with Gasteiger partial charge in [0.2, 0.25) is 15.9 Å². The van der Waals surface area contributed by atoms with Crippen molar-refractivity contribution in [3.8, 4) is 0 Å². The molecule has 1 aromatic carbocycles. The SMILES string of the molecule is CC(C)(C)[C@H](N)C(=O)NCc1ccc(S(N)(=O)=O)cc1. The van der Waals surface area contributed by atoms with Crippen molar-refractivity contribution < 1.29 is 13.2 Å². The van der Waals surface area contributed by atoms with E-state index in [9.17, 15) is 13.2 Å². The summed E-state index contributed by atoms with van der Waals surface area (Å²) in [5, 5.41) is 7.72. The molecule has 0 unspecified atom stereocenters. The van der Waals surface area contributed by atoms with Crippen LogP contribution >= 0.6 is 0 Å². The number of hydrogen-bond donors (Lipinski definition) is 3. The lowest BCUT2D eigenvalue weighted by Crippen LogP contribution is -2.48. The molecule has 1 rings (SSSR count). The van der Waals surface area contributed by atoms with Gasteiger partial charge in [0.05, 0.1) is 10.9 Å². The maximum atomic E-state index is 11.8. The van der Waals surface area contributed by atoms with E-state index in [1.165, 1.54) is 12.1 Å². The lowest BCUT2D eigenvalue weighted by Gasteiger charge is -2.25. The second-order valence-electron chi connectivity index (χ2n) is 5.75. The number of amides is 1. The Morgan fingerprint density at radius 2 is 1.75 bits per heavy atom. The van der Waals surface area contributed by atoms with Crippen molar-refractivity contribution in [1.29, 1.82) is 0 Å². The highest BCUT2D eigenvalue weighted by Gasteiger charge is 2.27. The first-order valence-electron chi connectivity index (χ1n) is 6.17. The summed E-state index contributed by atoms with van der Waals surface area (Å²) in [7, 11) is -3.69. The van der Waals surface area contributed by atoms with Crippen LogP contribution in [0.25, 0.3) is 0 Å². The first-order chi connectivity index (χ1) is 9.01. The molecule has 0 bridgehead atoms. The molecule has 0 heterocycles. The van der Waals surface area contributed by atoms with Crippen molar-refractivity contribution in [2.45, 2.75) is 38.3 Å². The Morgan fingerprint density at radius 3 is 2.15 bits per heavy atom. The van der Waals surface area contributed by atoms with Crippen molar-refractivity contribution in [2.24, 2.45) is 16.3 Å². The van der Waals surface area contributed by atoms with E-state index in [1.54, 1.807) is 12.1 Å². The van der Waals surface area contributed by atoms with Crippen LogP contribution in [0.1, 0.15) is 26.3 Å². The van der Waals surface area contributed by atoms with Crippen LogP contribution in [0.4, 0.5) is 0 Å². The first kappa shape index (κ1) is 16.6. The summed E-state index contributed by atoms with van der Waals surface area (Å²) in [5.74, 6) is -0.243. The van der Waals surface area contributed by atoms with Crippen molar-refractivity contribution in [1.82, 2.24) is 5.32 Å². The average Bonchev–Trinajstić information content (AvgIpc) is 2.33. The maximum Gasteiger partial charge on any atom is 0.238 e. The number of sulfonamides is 1. The molecule has 0 spiro atoms. The summed E-state index contributed by atoms with van der Waals surface area (Å²) in [5.41, 5.74) is 6.28. The Balaban J connectivity index is 2.66. The van der Waals surface area contributed by atoms with Gasteiger partial charge in [0.1, 0.15) is 0 Å². The van der Waals surface area contributed by atoms with Gasteiger partial charge in [-0.1, -0.05) is 32.9 Å². The monoisotopic (exact) mass is 299 g/mol. The largest absolute Gasteiger partial charge is 0.351 e. The van der Waals surface area contributed by atoms with Gasteiger partial charge in [-0.15, -0.1) is 0 Å². The first-order valence-corrected chi connectivity index (χ1v) is 7.71. The number of hydrogen-bond acceptors (Lipinski definition) is 4. The predicted molar refractivity (Wildman–Crippen MR) is 77.1 cm³/mol. The van der Waals surface area contributed by atoms with Gasteiger partial charge in [-0.05, 0) is 23.1 Å². The van der Waals surface area contributed by atoms with Crippen LogP contribution in [-0.2, 0) is 21.4 Å². The van der Waals surface area contributed by atoms with E-state index in [2.05, 4.69) is 5.32 Å². The summed E-state index contributed by atoms with van der Waals surface area (Å²) < 4.78 is 22.2. The summed E-state index contributed by atoms with van der Waals surface area (Å²) in [6, 6.07) is 5.40. The minimum atomic E-state index is -3.69. The number of nitrogens with two attached hydrogens (primary N) is 2. The van der Waals surface area contributed by atoms with Gasteiger partial charge in [0.25, 0.3) is 0 Å². The van der Waals surface area contributed by atoms with Gasteiger partial charge in [-0.2, -0.15) is 0 Å². The van der Waals surface area contributed by atoms with Crippen molar-refractivity contribution in [2.75, 3.05) is 0 Å². The molecule has 0 fully saturated rings. The average molecular weight is 299 g/mol. The number of primary sulfonamides is 1. The van der Waals surface area contributed by atoms with Gasteiger partial charge in [0, 0.05) is 6.54 Å². The minimum absolute atomic E-state index is 0.0407. The number of nitrogens with one attached hydrogen (secondary N) is 1. The van der Waals surface area contributed by atoms with Crippen LogP contribution in [0.2, 0.25) is 0 Å². The topological polar surface area (TPSA) is 115 Å². The van der Waals surface area contributed by atoms with E-state index < -0.39 is 16.1 Å². The molecule has 6 nitrogen and oxygen atoms in total. The molecule has 1 atom stereocenters. The Labute approximate surface area is 119 Å². The minimum Gasteiger partial charge on any atom is -0.351 e. The number of carbonyl (C=O) groups is 1. The third-order valence-electron chi connectivity index (χ3n) is 2.93. The molecule has 1 aromatic rings. The molecule has 20 heavy (non-hydrogen) atoms. The number of benzene rings is 1. The number of carbonyl (C=O) groups excluding carboxylic acids is 1. The van der Waals surface area contributed by atoms with E-state index >= 15 is 0 Å². The summed E-state index contributed by atoms with van der Waals surface area (Å²) in [4.78, 5) is 11.9. The van der Waals surface area contributed by atoms with Gasteiger partial charge in [0.15, 0.2) is 0 Å². The molecule has 7 heteroatoms. The highest BCUT2D eigenvalue weighted by atomic mass is 32.2. The molecule has 0 aliphatic carbocycles. The molecule has 5 N–H and O–H groups in total. The molecule has 1 amide bonds. The van der Waals surface area contributed by atoms with Crippen LogP contribution in [0.3, 0.4) is 0 Å². The van der Waals surface area contributed by atoms with Crippen molar-refractivity contribution in [3.63, 3.8) is 0 Å². The molecule has 112 valence electrons. The summed E-state index contributed by atoms with van der Waals surface area (Å²) in [6.07, 6.45) is 0. The number of rotatable bonds is 4. The highest BCUT2D eigenvalue weighted by molar-refractivity contribution is 7.89. The zero-order chi connectivity index (χ0) is 15.6. The Hall–Kier alpha value is -1.44. The van der Waals surface area contributed by atoms with E-state index in [-0.39, 0.29) is 22.8 Å². The predicted octanol–water partition coefficient (Wildman–Crippen LogP) is 0.324. The molecule has 0 aliphatic rings. The summed E-state index contributed by atoms with van der Waals surface area (Å²) >= 11 is 0. The molecule has 0 aliphatic heterocycles. The fourth-order valence-electron chi connectivity index (χ4n) is 1.49. The van der Waals surface area contributed by atoms with Gasteiger partial charge < -0.3 is 11.1 Å². The Morgan fingerprint density at radius 1 is 1.25 bits per heavy atom. The van der Waals surface area contributed by atoms with E-state index in [0.717, 1.165) is 5.56 Å². The van der Waals surface area contributed by atoms with Crippen molar-refractivity contribution >= 4 is 15.9 Å². The zero-order valence-corrected chi connectivity index (χ0v) is 12.7. The summed E-state index contributed by atoms with van der Waals surface area (Å²) in [6.45, 7) is 5.95. The standard InChI is InChI=1S/C13H21N3O3S/c1-13(2,3)11(14)12(17)16-8-9-4-6-10(7-5-9)20(15,18)19/h4-7,11H,8,14H2,1-3H3,(H,16,17)(H2,15,18,19)/t11-/m1/s1.